The van der Waals surface area contributed by atoms with E-state index >= 15 is 0 Å². The van der Waals surface area contributed by atoms with Crippen LogP contribution in [0.25, 0.3) is 0 Å². The van der Waals surface area contributed by atoms with Crippen LogP contribution in [0.3, 0.4) is 0 Å². The molecule has 7 heteroatoms. The molecule has 11 heavy (non-hydrogen) atoms. The van der Waals surface area contributed by atoms with Crippen molar-refractivity contribution in [2.75, 3.05) is 6.54 Å². The number of nitrogens with two attached hydrogens (primary N) is 1. The van der Waals surface area contributed by atoms with Gasteiger partial charge >= 0.3 is 12.1 Å². The maximum Gasteiger partial charge on any atom is 0.456 e. The molecule has 0 aliphatic heterocycles. The molecule has 0 saturated carbocycles. The van der Waals surface area contributed by atoms with Crippen molar-refractivity contribution in [2.45, 2.75) is 18.2 Å². The summed E-state index contributed by atoms with van der Waals surface area (Å²) in [5, 5.41) is 8.13. The van der Waals surface area contributed by atoms with Crippen LogP contribution in [0.15, 0.2) is 0 Å². The highest BCUT2D eigenvalue weighted by molar-refractivity contribution is 4.84. The van der Waals surface area contributed by atoms with E-state index in [1.165, 1.54) is 0 Å². The van der Waals surface area contributed by atoms with Crippen LogP contribution in [0.1, 0.15) is 0 Å². The zero-order chi connectivity index (χ0) is 9.28. The number of rotatable bonds is 2. The molecular formula is C4H6F5NO. The molecule has 0 heterocycles. The minimum atomic E-state index is -5.74. The van der Waals surface area contributed by atoms with E-state index in [0.29, 0.717) is 0 Å². The summed E-state index contributed by atoms with van der Waals surface area (Å²) in [6.07, 6.45) is -8.62. The molecule has 0 radical (unpaired) electrons. The zero-order valence-corrected chi connectivity index (χ0v) is 5.20. The molecule has 0 rings (SSSR count). The summed E-state index contributed by atoms with van der Waals surface area (Å²) < 4.78 is 57.7. The second-order valence-corrected chi connectivity index (χ2v) is 1.87. The fourth-order valence-corrected chi connectivity index (χ4v) is 0.337. The molecule has 0 aromatic rings. The topological polar surface area (TPSA) is 46.2 Å². The Bertz CT molecular complexity index is 133. The summed E-state index contributed by atoms with van der Waals surface area (Å²) in [6, 6.07) is 0. The van der Waals surface area contributed by atoms with Gasteiger partial charge in [-0.05, 0) is 0 Å². The third kappa shape index (κ3) is 2.00. The molecule has 0 aromatic heterocycles. The fraction of sp³-hybridized carbons (Fsp3) is 1.00. The van der Waals surface area contributed by atoms with E-state index < -0.39 is 24.7 Å². The van der Waals surface area contributed by atoms with Crippen molar-refractivity contribution in [1.29, 1.82) is 0 Å². The Morgan fingerprint density at radius 1 is 1.18 bits per heavy atom. The maximum absolute atomic E-state index is 11.9. The van der Waals surface area contributed by atoms with Gasteiger partial charge in [-0.2, -0.15) is 22.0 Å². The van der Waals surface area contributed by atoms with Crippen molar-refractivity contribution in [3.63, 3.8) is 0 Å². The fourth-order valence-electron chi connectivity index (χ4n) is 0.337. The van der Waals surface area contributed by atoms with Crippen molar-refractivity contribution >= 4 is 0 Å². The Kier molecular flexibility index (Phi) is 2.79. The van der Waals surface area contributed by atoms with E-state index in [1.807, 2.05) is 0 Å². The second-order valence-electron chi connectivity index (χ2n) is 1.87. The van der Waals surface area contributed by atoms with E-state index in [-0.39, 0.29) is 0 Å². The summed E-state index contributed by atoms with van der Waals surface area (Å²) in [4.78, 5) is 0. The molecule has 0 bridgehead atoms. The number of aliphatic hydroxyl groups is 1. The van der Waals surface area contributed by atoms with E-state index in [9.17, 15) is 22.0 Å². The van der Waals surface area contributed by atoms with Crippen LogP contribution < -0.4 is 5.73 Å². The highest BCUT2D eigenvalue weighted by Crippen LogP contribution is 2.37. The van der Waals surface area contributed by atoms with Crippen LogP contribution in [0.5, 0.6) is 0 Å². The summed E-state index contributed by atoms with van der Waals surface area (Å²) in [7, 11) is 0. The number of aliphatic hydroxyl groups excluding tert-OH is 1. The Morgan fingerprint density at radius 3 is 1.64 bits per heavy atom. The van der Waals surface area contributed by atoms with Gasteiger partial charge in [-0.3, -0.25) is 0 Å². The predicted molar refractivity (Wildman–Crippen MR) is 26.1 cm³/mol. The van der Waals surface area contributed by atoms with Crippen LogP contribution >= 0.6 is 0 Å². The molecule has 1 atom stereocenters. The lowest BCUT2D eigenvalue weighted by Gasteiger charge is -2.23. The van der Waals surface area contributed by atoms with Gasteiger partial charge in [0.05, 0.1) is 0 Å². The van der Waals surface area contributed by atoms with Gasteiger partial charge < -0.3 is 10.8 Å². The first kappa shape index (κ1) is 10.6. The Labute approximate surface area is 58.8 Å². The monoisotopic (exact) mass is 179 g/mol. The van der Waals surface area contributed by atoms with Crippen molar-refractivity contribution in [3.8, 4) is 0 Å². The molecule has 0 spiro atoms. The van der Waals surface area contributed by atoms with Crippen LogP contribution in [0.4, 0.5) is 22.0 Å². The first-order valence-electron chi connectivity index (χ1n) is 2.56. The number of hydrogen-bond acceptors (Lipinski definition) is 2. The van der Waals surface area contributed by atoms with Crippen molar-refractivity contribution < 1.29 is 27.1 Å². The van der Waals surface area contributed by atoms with E-state index in [4.69, 9.17) is 5.11 Å². The SMILES string of the molecule is NC[C@H](O)C(F)(F)C(F)(F)F. The van der Waals surface area contributed by atoms with Crippen molar-refractivity contribution in [1.82, 2.24) is 0 Å². The number of hydrogen-bond donors (Lipinski definition) is 2. The van der Waals surface area contributed by atoms with Crippen molar-refractivity contribution in [3.05, 3.63) is 0 Å². The third-order valence-corrected chi connectivity index (χ3v) is 1.02. The van der Waals surface area contributed by atoms with Gasteiger partial charge in [0, 0.05) is 6.54 Å². The average molecular weight is 179 g/mol. The molecule has 0 aromatic carbocycles. The Balaban J connectivity index is 4.45. The van der Waals surface area contributed by atoms with Gasteiger partial charge in [-0.1, -0.05) is 0 Å². The highest BCUT2D eigenvalue weighted by Gasteiger charge is 2.61. The molecular weight excluding hydrogens is 173 g/mol. The Morgan fingerprint density at radius 2 is 1.55 bits per heavy atom. The minimum Gasteiger partial charge on any atom is -0.385 e. The van der Waals surface area contributed by atoms with Crippen molar-refractivity contribution in [2.24, 2.45) is 5.73 Å². The van der Waals surface area contributed by atoms with E-state index in [1.54, 1.807) is 0 Å². The zero-order valence-electron chi connectivity index (χ0n) is 5.20. The summed E-state index contributed by atoms with van der Waals surface area (Å²) in [6.45, 7) is -1.13. The quantitative estimate of drug-likeness (QED) is 0.606. The molecule has 3 N–H and O–H groups in total. The van der Waals surface area contributed by atoms with Gasteiger partial charge in [-0.15, -0.1) is 0 Å². The lowest BCUT2D eigenvalue weighted by atomic mass is 10.2. The van der Waals surface area contributed by atoms with E-state index in [2.05, 4.69) is 5.73 Å². The molecule has 0 saturated heterocycles. The minimum absolute atomic E-state index is 1.13. The van der Waals surface area contributed by atoms with Gasteiger partial charge in [0.1, 0.15) is 6.10 Å². The molecule has 0 aliphatic carbocycles. The number of halogens is 5. The molecule has 0 unspecified atom stereocenters. The molecule has 0 amide bonds. The van der Waals surface area contributed by atoms with Gasteiger partial charge in [-0.25, -0.2) is 0 Å². The third-order valence-electron chi connectivity index (χ3n) is 1.02. The summed E-state index contributed by atoms with van der Waals surface area (Å²) >= 11 is 0. The lowest BCUT2D eigenvalue weighted by molar-refractivity contribution is -0.311. The summed E-state index contributed by atoms with van der Waals surface area (Å²) in [5.74, 6) is -5.12. The molecule has 68 valence electrons. The molecule has 0 aliphatic rings. The van der Waals surface area contributed by atoms with Gasteiger partial charge in [0.25, 0.3) is 0 Å². The normalized spacial score (nSPS) is 16.6. The average Bonchev–Trinajstić information content (AvgIpc) is 1.83. The lowest BCUT2D eigenvalue weighted by Crippen LogP contribution is -2.50. The Hall–Kier alpha value is -0.430. The second kappa shape index (κ2) is 2.90. The van der Waals surface area contributed by atoms with Crippen LogP contribution in [-0.2, 0) is 0 Å². The standard InChI is InChI=1S/C4H6F5NO/c5-3(6,2(11)1-10)4(7,8)9/h2,11H,1,10H2/t2-/m0/s1. The molecule has 2 nitrogen and oxygen atoms in total. The van der Waals surface area contributed by atoms with Crippen LogP contribution in [0, 0.1) is 0 Å². The van der Waals surface area contributed by atoms with Gasteiger partial charge in [0.15, 0.2) is 0 Å². The van der Waals surface area contributed by atoms with E-state index in [0.717, 1.165) is 0 Å². The first-order valence-corrected chi connectivity index (χ1v) is 2.56. The largest absolute Gasteiger partial charge is 0.456 e. The van der Waals surface area contributed by atoms with Gasteiger partial charge in [0.2, 0.25) is 0 Å². The smallest absolute Gasteiger partial charge is 0.385 e. The first-order chi connectivity index (χ1) is 4.73. The van der Waals surface area contributed by atoms with Crippen LogP contribution in [-0.4, -0.2) is 29.9 Å². The molecule has 0 fully saturated rings. The van der Waals surface area contributed by atoms with Crippen LogP contribution in [0.2, 0.25) is 0 Å². The summed E-state index contributed by atoms with van der Waals surface area (Å²) in [5.41, 5.74) is 4.42. The predicted octanol–water partition coefficient (Wildman–Crippen LogP) is 0.504. The number of alkyl halides is 5. The maximum atomic E-state index is 11.9. The highest BCUT2D eigenvalue weighted by atomic mass is 19.4.